The summed E-state index contributed by atoms with van der Waals surface area (Å²) >= 11 is 4.84. The van der Waals surface area contributed by atoms with Gasteiger partial charge in [0.1, 0.15) is 23.2 Å². The third kappa shape index (κ3) is 5.19. The molecule has 0 aliphatic carbocycles. The van der Waals surface area contributed by atoms with Gasteiger partial charge in [-0.25, -0.2) is 22.9 Å². The lowest BCUT2D eigenvalue weighted by Gasteiger charge is -2.04. The Morgan fingerprint density at radius 2 is 1.68 bits per heavy atom. The number of rotatable bonds is 6. The van der Waals surface area contributed by atoms with Gasteiger partial charge in [-0.3, -0.25) is 0 Å². The first-order chi connectivity index (χ1) is 14.8. The summed E-state index contributed by atoms with van der Waals surface area (Å²) in [5.41, 5.74) is 2.19. The van der Waals surface area contributed by atoms with Crippen LogP contribution in [0.25, 0.3) is 21.7 Å². The number of nitrogens with zero attached hydrogens (tertiary/aromatic N) is 1. The van der Waals surface area contributed by atoms with Crippen molar-refractivity contribution in [2.75, 3.05) is 0 Å². The first-order valence-electron chi connectivity index (χ1n) is 9.07. The summed E-state index contributed by atoms with van der Waals surface area (Å²) in [6.07, 6.45) is 0. The molecular weight excluding hydrogens is 503 g/mol. The molecule has 0 spiro atoms. The summed E-state index contributed by atoms with van der Waals surface area (Å²) < 4.78 is 43.3. The zero-order valence-electron chi connectivity index (χ0n) is 16.0. The Labute approximate surface area is 191 Å². The smallest absolute Gasteiger partial charge is 0.238 e. The van der Waals surface area contributed by atoms with Crippen molar-refractivity contribution >= 4 is 37.3 Å². The molecule has 4 rings (SSSR count). The molecule has 0 saturated carbocycles. The highest BCUT2D eigenvalue weighted by molar-refractivity contribution is 9.10. The lowest BCUT2D eigenvalue weighted by molar-refractivity contribution is 0.305. The molecule has 158 valence electrons. The first-order valence-corrected chi connectivity index (χ1v) is 12.2. The molecule has 31 heavy (non-hydrogen) atoms. The average Bonchev–Trinajstić information content (AvgIpc) is 3.17. The van der Waals surface area contributed by atoms with Crippen LogP contribution in [0.2, 0.25) is 0 Å². The second-order valence-electron chi connectivity index (χ2n) is 6.61. The van der Waals surface area contributed by atoms with Gasteiger partial charge in [0, 0.05) is 10.0 Å². The molecule has 0 fully saturated rings. The van der Waals surface area contributed by atoms with Crippen LogP contribution < -0.4 is 9.88 Å². The maximum absolute atomic E-state index is 13.4. The molecule has 4 aromatic rings. The Bertz CT molecular complexity index is 1320. The third-order valence-electron chi connectivity index (χ3n) is 4.39. The van der Waals surface area contributed by atoms with Gasteiger partial charge in [0.2, 0.25) is 10.0 Å². The van der Waals surface area contributed by atoms with Crippen LogP contribution in [0, 0.1) is 5.82 Å². The van der Waals surface area contributed by atoms with Crippen LogP contribution >= 0.6 is 27.3 Å². The zero-order chi connectivity index (χ0) is 22.0. The summed E-state index contributed by atoms with van der Waals surface area (Å²) in [5.74, 6) is 0.364. The highest BCUT2D eigenvalue weighted by Gasteiger charge is 2.17. The maximum atomic E-state index is 13.4. The molecule has 1 heterocycles. The predicted octanol–water partition coefficient (Wildman–Crippen LogP) is 5.61. The van der Waals surface area contributed by atoms with E-state index in [4.69, 9.17) is 14.9 Å². The van der Waals surface area contributed by atoms with E-state index in [-0.39, 0.29) is 17.3 Å². The highest BCUT2D eigenvalue weighted by atomic mass is 79.9. The number of benzene rings is 3. The van der Waals surface area contributed by atoms with Crippen LogP contribution in [0.4, 0.5) is 4.39 Å². The summed E-state index contributed by atoms with van der Waals surface area (Å²) in [6.45, 7) is 0.255. The maximum Gasteiger partial charge on any atom is 0.238 e. The van der Waals surface area contributed by atoms with E-state index < -0.39 is 10.0 Å². The predicted molar refractivity (Wildman–Crippen MR) is 123 cm³/mol. The van der Waals surface area contributed by atoms with Crippen LogP contribution in [-0.4, -0.2) is 13.4 Å². The number of sulfonamides is 1. The largest absolute Gasteiger partial charge is 0.486 e. The van der Waals surface area contributed by atoms with Crippen molar-refractivity contribution in [1.82, 2.24) is 4.98 Å². The molecule has 0 atom stereocenters. The van der Waals surface area contributed by atoms with Gasteiger partial charge in [-0.2, -0.15) is 0 Å². The minimum Gasteiger partial charge on any atom is -0.486 e. The van der Waals surface area contributed by atoms with Crippen LogP contribution in [0.15, 0.2) is 82.2 Å². The van der Waals surface area contributed by atoms with Gasteiger partial charge < -0.3 is 4.74 Å². The molecule has 0 bridgehead atoms. The fourth-order valence-corrected chi connectivity index (χ4v) is 4.82. The van der Waals surface area contributed by atoms with Gasteiger partial charge in [-0.05, 0) is 60.2 Å². The molecule has 1 aromatic heterocycles. The van der Waals surface area contributed by atoms with E-state index >= 15 is 0 Å². The third-order valence-corrected chi connectivity index (χ3v) is 6.89. The molecule has 9 heteroatoms. The van der Waals surface area contributed by atoms with E-state index in [2.05, 4.69) is 15.9 Å². The molecule has 2 N–H and O–H groups in total. The second-order valence-corrected chi connectivity index (χ2v) is 10.2. The lowest BCUT2D eigenvalue weighted by Crippen LogP contribution is -2.11. The molecule has 0 amide bonds. The van der Waals surface area contributed by atoms with Crippen LogP contribution in [-0.2, 0) is 16.6 Å². The molecule has 0 radical (unpaired) electrons. The normalized spacial score (nSPS) is 11.5. The molecule has 0 aliphatic rings. The number of primary sulfonamides is 1. The van der Waals surface area contributed by atoms with E-state index in [0.29, 0.717) is 11.4 Å². The van der Waals surface area contributed by atoms with E-state index in [0.717, 1.165) is 25.5 Å². The number of nitrogens with two attached hydrogens (primary N) is 1. The fraction of sp³-hybridized carbons (Fsp3) is 0.0455. The lowest BCUT2D eigenvalue weighted by atomic mass is 10.1. The van der Waals surface area contributed by atoms with Gasteiger partial charge in [0.15, 0.2) is 0 Å². The Balaban J connectivity index is 1.71. The minimum absolute atomic E-state index is 0.0299. The Hall–Kier alpha value is -2.59. The molecule has 0 saturated heterocycles. The Kier molecular flexibility index (Phi) is 6.19. The number of ether oxygens (including phenoxy) is 1. The summed E-state index contributed by atoms with van der Waals surface area (Å²) in [4.78, 5) is 5.56. The zero-order valence-corrected chi connectivity index (χ0v) is 19.2. The van der Waals surface area contributed by atoms with Gasteiger partial charge in [-0.1, -0.05) is 34.1 Å². The van der Waals surface area contributed by atoms with Gasteiger partial charge in [-0.15, -0.1) is 11.3 Å². The number of hydrogen-bond donors (Lipinski definition) is 1. The van der Waals surface area contributed by atoms with Gasteiger partial charge >= 0.3 is 0 Å². The van der Waals surface area contributed by atoms with Gasteiger partial charge in [0.05, 0.1) is 15.5 Å². The van der Waals surface area contributed by atoms with Crippen molar-refractivity contribution in [3.05, 3.63) is 88.1 Å². The van der Waals surface area contributed by atoms with Gasteiger partial charge in [0.25, 0.3) is 0 Å². The fourth-order valence-electron chi connectivity index (χ4n) is 2.92. The summed E-state index contributed by atoms with van der Waals surface area (Å²) in [5, 5.41) is 5.92. The van der Waals surface area contributed by atoms with Crippen molar-refractivity contribution in [2.24, 2.45) is 5.14 Å². The van der Waals surface area contributed by atoms with Crippen molar-refractivity contribution in [1.29, 1.82) is 0 Å². The SMILES string of the molecule is NS(=O)(=O)c1ccc(-c2sc(COc3cccc(Br)c3)nc2-c2ccc(F)cc2)cc1. The Morgan fingerprint density at radius 3 is 2.32 bits per heavy atom. The first kappa shape index (κ1) is 21.6. The quantitative estimate of drug-likeness (QED) is 0.359. The van der Waals surface area contributed by atoms with Crippen molar-refractivity contribution in [2.45, 2.75) is 11.5 Å². The summed E-state index contributed by atoms with van der Waals surface area (Å²) in [6, 6.07) is 19.8. The average molecular weight is 519 g/mol. The topological polar surface area (TPSA) is 82.3 Å². The van der Waals surface area contributed by atoms with E-state index in [1.165, 1.54) is 35.6 Å². The van der Waals surface area contributed by atoms with E-state index in [1.807, 2.05) is 24.3 Å². The van der Waals surface area contributed by atoms with Crippen LogP contribution in [0.1, 0.15) is 5.01 Å². The molecule has 0 unspecified atom stereocenters. The van der Waals surface area contributed by atoms with Crippen LogP contribution in [0.5, 0.6) is 5.75 Å². The summed E-state index contributed by atoms with van der Waals surface area (Å²) in [7, 11) is -3.78. The van der Waals surface area contributed by atoms with Crippen LogP contribution in [0.3, 0.4) is 0 Å². The molecule has 0 aliphatic heterocycles. The standard InChI is InChI=1S/C22H16BrFN2O3S2/c23-16-2-1-3-18(12-16)29-13-20-26-21(14-4-8-17(24)9-5-14)22(30-20)15-6-10-19(11-7-15)31(25,27)28/h1-12H,13H2,(H2,25,27,28). The van der Waals surface area contributed by atoms with E-state index in [9.17, 15) is 12.8 Å². The Morgan fingerprint density at radius 1 is 1.00 bits per heavy atom. The van der Waals surface area contributed by atoms with Crippen molar-refractivity contribution in [3.8, 4) is 27.4 Å². The number of thiazole rings is 1. The number of aromatic nitrogens is 1. The molecule has 5 nitrogen and oxygen atoms in total. The minimum atomic E-state index is -3.78. The second kappa shape index (κ2) is 8.88. The van der Waals surface area contributed by atoms with E-state index in [1.54, 1.807) is 24.3 Å². The molecule has 3 aromatic carbocycles. The highest BCUT2D eigenvalue weighted by Crippen LogP contribution is 2.37. The van der Waals surface area contributed by atoms with Crippen molar-refractivity contribution < 1.29 is 17.5 Å². The number of halogens is 2. The monoisotopic (exact) mass is 518 g/mol. The number of hydrogen-bond acceptors (Lipinski definition) is 5. The molecular formula is C22H16BrFN2O3S2. The van der Waals surface area contributed by atoms with Crippen molar-refractivity contribution in [3.63, 3.8) is 0 Å².